The van der Waals surface area contributed by atoms with E-state index < -0.39 is 16.1 Å². The van der Waals surface area contributed by atoms with Gasteiger partial charge in [0.25, 0.3) is 0 Å². The number of allylic oxidation sites excluding steroid dienone is 6. The second kappa shape index (κ2) is 9.02. The molecule has 2 aliphatic carbocycles. The zero-order valence-corrected chi connectivity index (χ0v) is 28.0. The molecule has 0 amide bonds. The molecule has 0 unspecified atom stereocenters. The van der Waals surface area contributed by atoms with Crippen molar-refractivity contribution < 1.29 is 0 Å². The van der Waals surface area contributed by atoms with Crippen LogP contribution in [0.5, 0.6) is 0 Å². The highest BCUT2D eigenvalue weighted by Crippen LogP contribution is 2.73. The lowest BCUT2D eigenvalue weighted by molar-refractivity contribution is 0.912. The minimum atomic E-state index is -2.19. The van der Waals surface area contributed by atoms with Crippen LogP contribution in [0.4, 0.5) is 0 Å². The largest absolute Gasteiger partial charge is 0.175 e. The van der Waals surface area contributed by atoms with Crippen LogP contribution < -0.4 is 0 Å². The normalized spacial score (nSPS) is 20.5. The van der Waals surface area contributed by atoms with Crippen molar-refractivity contribution in [3.05, 3.63) is 91.6 Å². The molecule has 4 aliphatic rings. The van der Waals surface area contributed by atoms with Gasteiger partial charge in [0.1, 0.15) is 16.1 Å². The Bertz CT molecular complexity index is 1370. The first kappa shape index (κ1) is 26.7. The summed E-state index contributed by atoms with van der Waals surface area (Å²) in [6.45, 7) is 20.4. The van der Waals surface area contributed by atoms with Crippen LogP contribution in [0.25, 0.3) is 22.3 Å². The SMILES string of the molecule is CC(C)[Si]1(C(C)C)C2=C(CS)c3ccccc3C2=C2C1=C1C(=C(CS)c3ccccc31)[Si]2(C(C)C)C(C)C. The molecule has 2 aliphatic heterocycles. The van der Waals surface area contributed by atoms with Crippen molar-refractivity contribution >= 4 is 63.7 Å². The van der Waals surface area contributed by atoms with E-state index in [0.717, 1.165) is 11.5 Å². The molecule has 0 spiro atoms. The zero-order valence-electron chi connectivity index (χ0n) is 24.2. The maximum Gasteiger partial charge on any atom is 0.125 e. The molecule has 6 rings (SSSR count). The van der Waals surface area contributed by atoms with Crippen molar-refractivity contribution in [3.8, 4) is 0 Å². The highest BCUT2D eigenvalue weighted by atomic mass is 32.1. The van der Waals surface area contributed by atoms with Gasteiger partial charge in [-0.15, -0.1) is 0 Å². The van der Waals surface area contributed by atoms with E-state index in [4.69, 9.17) is 25.3 Å². The molecule has 38 heavy (non-hydrogen) atoms. The lowest BCUT2D eigenvalue weighted by Gasteiger charge is -2.42. The molecule has 0 fully saturated rings. The average molecular weight is 571 g/mol. The minimum Gasteiger partial charge on any atom is -0.175 e. The van der Waals surface area contributed by atoms with E-state index in [2.05, 4.69) is 104 Å². The van der Waals surface area contributed by atoms with Gasteiger partial charge in [0.2, 0.25) is 0 Å². The van der Waals surface area contributed by atoms with Crippen molar-refractivity contribution in [2.45, 2.75) is 77.6 Å². The predicted molar refractivity (Wildman–Crippen MR) is 180 cm³/mol. The first-order valence-corrected chi connectivity index (χ1v) is 20.1. The van der Waals surface area contributed by atoms with E-state index in [1.807, 2.05) is 10.4 Å². The Balaban J connectivity index is 1.94. The summed E-state index contributed by atoms with van der Waals surface area (Å²) in [4.78, 5) is 0. The Hall–Kier alpha value is -1.47. The Labute approximate surface area is 243 Å². The van der Waals surface area contributed by atoms with Gasteiger partial charge in [-0.25, -0.2) is 0 Å². The van der Waals surface area contributed by atoms with E-state index in [9.17, 15) is 0 Å². The van der Waals surface area contributed by atoms with Crippen LogP contribution in [-0.2, 0) is 0 Å². The summed E-state index contributed by atoms with van der Waals surface area (Å²) < 4.78 is 0. The van der Waals surface area contributed by atoms with Crippen molar-refractivity contribution in [1.82, 2.24) is 0 Å². The molecule has 0 bridgehead atoms. The second-order valence-electron chi connectivity index (χ2n) is 13.0. The number of benzene rings is 2. The molecule has 0 radical (unpaired) electrons. The van der Waals surface area contributed by atoms with E-state index in [0.29, 0.717) is 22.2 Å². The van der Waals surface area contributed by atoms with E-state index in [1.165, 1.54) is 33.4 Å². The number of fused-ring (bicyclic) bond motifs is 7. The highest BCUT2D eigenvalue weighted by Gasteiger charge is 2.68. The summed E-state index contributed by atoms with van der Waals surface area (Å²) in [5.74, 6) is 1.64. The molecule has 2 aromatic rings. The fraction of sp³-hybridized carbons (Fsp3) is 0.412. The Morgan fingerprint density at radius 1 is 0.474 bits per heavy atom. The molecule has 4 heteroatoms. The van der Waals surface area contributed by atoms with Gasteiger partial charge < -0.3 is 0 Å². The van der Waals surface area contributed by atoms with E-state index >= 15 is 0 Å². The van der Waals surface area contributed by atoms with Gasteiger partial charge >= 0.3 is 0 Å². The smallest absolute Gasteiger partial charge is 0.125 e. The molecule has 198 valence electrons. The van der Waals surface area contributed by atoms with Gasteiger partial charge in [-0.1, -0.05) is 104 Å². The maximum absolute atomic E-state index is 5.04. The van der Waals surface area contributed by atoms with Gasteiger partial charge in [0, 0.05) is 11.5 Å². The Kier molecular flexibility index (Phi) is 6.35. The molecular weight excluding hydrogens is 529 g/mol. The van der Waals surface area contributed by atoms with Gasteiger partial charge in [-0.3, -0.25) is 0 Å². The number of thiol groups is 2. The Morgan fingerprint density at radius 3 is 1.03 bits per heavy atom. The third-order valence-corrected chi connectivity index (χ3v) is 24.1. The molecule has 0 N–H and O–H groups in total. The molecule has 0 saturated heterocycles. The standard InChI is InChI=1S/C34H42S2Si2/c1-19(2)37(20(3)4)31-27(17-35)23-13-9-11-15-25(23)29(31)34-33(37)30-26-16-12-10-14-24(26)28(18-36)32(30)38(34,21(5)6)22(7)8/h9-16,19-22,35-36H,17-18H2,1-8H3. The van der Waals surface area contributed by atoms with Crippen molar-refractivity contribution in [1.29, 1.82) is 0 Å². The highest BCUT2D eigenvalue weighted by molar-refractivity contribution is 7.80. The fourth-order valence-electron chi connectivity index (χ4n) is 9.50. The number of rotatable bonds is 6. The topological polar surface area (TPSA) is 0 Å². The molecule has 0 aromatic heterocycles. The van der Waals surface area contributed by atoms with Crippen molar-refractivity contribution in [2.24, 2.45) is 0 Å². The third-order valence-electron chi connectivity index (χ3n) is 10.5. The summed E-state index contributed by atoms with van der Waals surface area (Å²) in [5, 5.41) is 7.17. The van der Waals surface area contributed by atoms with Gasteiger partial charge in [-0.05, 0) is 87.5 Å². The van der Waals surface area contributed by atoms with Crippen LogP contribution in [0.15, 0.2) is 69.3 Å². The Morgan fingerprint density at radius 2 is 0.763 bits per heavy atom. The summed E-state index contributed by atoms with van der Waals surface area (Å²) in [5.41, 5.74) is 14.7. The summed E-state index contributed by atoms with van der Waals surface area (Å²) >= 11 is 10.1. The van der Waals surface area contributed by atoms with E-state index in [1.54, 1.807) is 21.5 Å². The summed E-state index contributed by atoms with van der Waals surface area (Å²) in [6.07, 6.45) is 0. The molecule has 0 atom stereocenters. The monoisotopic (exact) mass is 570 g/mol. The fourth-order valence-corrected chi connectivity index (χ4v) is 24.9. The van der Waals surface area contributed by atoms with Gasteiger partial charge in [0.05, 0.1) is 0 Å². The van der Waals surface area contributed by atoms with Gasteiger partial charge in [0.15, 0.2) is 0 Å². The molecular formula is C34H42S2Si2. The minimum absolute atomic E-state index is 0.606. The van der Waals surface area contributed by atoms with Crippen LogP contribution >= 0.6 is 25.3 Å². The van der Waals surface area contributed by atoms with Crippen LogP contribution in [-0.4, -0.2) is 27.7 Å². The summed E-state index contributed by atoms with van der Waals surface area (Å²) in [7, 11) is -4.39. The first-order valence-electron chi connectivity index (χ1n) is 14.5. The molecule has 2 heterocycles. The first-order chi connectivity index (χ1) is 18.1. The zero-order chi connectivity index (χ0) is 27.3. The van der Waals surface area contributed by atoms with Gasteiger partial charge in [-0.2, -0.15) is 25.3 Å². The third kappa shape index (κ3) is 2.86. The lowest BCUT2D eigenvalue weighted by Crippen LogP contribution is -2.47. The molecule has 2 aromatic carbocycles. The van der Waals surface area contributed by atoms with Crippen LogP contribution in [0, 0.1) is 0 Å². The maximum atomic E-state index is 5.04. The van der Waals surface area contributed by atoms with E-state index in [-0.39, 0.29) is 0 Å². The lowest BCUT2D eigenvalue weighted by atomic mass is 10.0. The molecule has 0 saturated carbocycles. The number of hydrogen-bond donors (Lipinski definition) is 2. The van der Waals surface area contributed by atoms with Crippen LogP contribution in [0.3, 0.4) is 0 Å². The van der Waals surface area contributed by atoms with Crippen LogP contribution in [0.2, 0.25) is 22.2 Å². The average Bonchev–Trinajstić information content (AvgIpc) is 3.55. The predicted octanol–water partition coefficient (Wildman–Crippen LogP) is 10.0. The van der Waals surface area contributed by atoms with Crippen LogP contribution in [0.1, 0.15) is 77.6 Å². The van der Waals surface area contributed by atoms with Crippen molar-refractivity contribution in [2.75, 3.05) is 11.5 Å². The summed E-state index contributed by atoms with van der Waals surface area (Å²) in [6, 6.07) is 18.6. The second-order valence-corrected chi connectivity index (χ2v) is 23.7. The van der Waals surface area contributed by atoms with Crippen molar-refractivity contribution in [3.63, 3.8) is 0 Å². The quantitative estimate of drug-likeness (QED) is 0.250. The molecule has 0 nitrogen and oxygen atoms in total. The number of hydrogen-bond acceptors (Lipinski definition) is 2.